The molecule has 0 bridgehead atoms. The van der Waals surface area contributed by atoms with Gasteiger partial charge in [-0.25, -0.2) is 0 Å². The van der Waals surface area contributed by atoms with Crippen LogP contribution < -0.4 is 0 Å². The summed E-state index contributed by atoms with van der Waals surface area (Å²) in [5, 5.41) is 21.0. The molecule has 2 aromatic rings. The van der Waals surface area contributed by atoms with Gasteiger partial charge in [-0.2, -0.15) is 0 Å². The van der Waals surface area contributed by atoms with E-state index < -0.39 is 10.9 Å². The summed E-state index contributed by atoms with van der Waals surface area (Å²) in [6, 6.07) is 17.2. The molecule has 2 aromatic carbocycles. The third-order valence-electron chi connectivity index (χ3n) is 10.0. The van der Waals surface area contributed by atoms with Gasteiger partial charge in [-0.05, 0) is 73.3 Å². The first kappa shape index (κ1) is 30.9. The molecule has 43 heavy (non-hydrogen) atoms. The molecule has 3 fully saturated rings. The Balaban J connectivity index is 1.17. The number of piperidine rings is 1. The Bertz CT molecular complexity index is 1250. The minimum absolute atomic E-state index is 0.0540. The molecule has 2 aliphatic carbocycles. The molecule has 0 spiro atoms. The van der Waals surface area contributed by atoms with Gasteiger partial charge in [0, 0.05) is 50.8 Å². The number of aliphatic carboxylic acids is 1. The second-order valence-corrected chi connectivity index (χ2v) is 12.9. The van der Waals surface area contributed by atoms with Crippen molar-refractivity contribution in [1.82, 2.24) is 9.80 Å². The van der Waals surface area contributed by atoms with E-state index >= 15 is 0 Å². The summed E-state index contributed by atoms with van der Waals surface area (Å²) in [6.45, 7) is 7.21. The molecule has 8 nitrogen and oxygen atoms in total. The molecule has 0 radical (unpaired) electrons. The predicted molar refractivity (Wildman–Crippen MR) is 167 cm³/mol. The lowest BCUT2D eigenvalue weighted by Crippen LogP contribution is -2.48. The average Bonchev–Trinajstić information content (AvgIpc) is 3.76. The number of non-ortho nitro benzene ring substituents is 1. The van der Waals surface area contributed by atoms with Crippen LogP contribution in [0.1, 0.15) is 68.4 Å². The van der Waals surface area contributed by atoms with Crippen molar-refractivity contribution in [2.75, 3.05) is 26.2 Å². The van der Waals surface area contributed by atoms with E-state index in [-0.39, 0.29) is 29.5 Å². The molecule has 0 aromatic heterocycles. The first-order valence-corrected chi connectivity index (χ1v) is 16.0. The van der Waals surface area contributed by atoms with Crippen LogP contribution in [0.25, 0.3) is 0 Å². The first-order valence-electron chi connectivity index (χ1n) is 16.0. The lowest BCUT2D eigenvalue weighted by atomic mass is 9.85. The second kappa shape index (κ2) is 14.3. The van der Waals surface area contributed by atoms with Gasteiger partial charge in [-0.15, -0.1) is 6.58 Å². The zero-order valence-electron chi connectivity index (χ0n) is 25.1. The van der Waals surface area contributed by atoms with Gasteiger partial charge in [-0.3, -0.25) is 19.7 Å². The fourth-order valence-electron chi connectivity index (χ4n) is 7.53. The maximum absolute atomic E-state index is 13.3. The smallest absolute Gasteiger partial charge is 0.306 e. The number of carboxylic acid groups (broad SMARTS) is 1. The van der Waals surface area contributed by atoms with Crippen molar-refractivity contribution in [3.05, 3.63) is 88.5 Å². The fourth-order valence-corrected chi connectivity index (χ4v) is 7.53. The van der Waals surface area contributed by atoms with Crippen molar-refractivity contribution in [3.8, 4) is 0 Å². The molecule has 1 aliphatic heterocycles. The van der Waals surface area contributed by atoms with E-state index in [1.54, 1.807) is 18.2 Å². The van der Waals surface area contributed by atoms with Crippen molar-refractivity contribution in [2.24, 2.45) is 23.7 Å². The van der Waals surface area contributed by atoms with Gasteiger partial charge < -0.3 is 14.9 Å². The van der Waals surface area contributed by atoms with Crippen LogP contribution in [-0.2, 0) is 16.0 Å². The fraction of sp³-hybridized carbons (Fsp3) is 0.543. The van der Waals surface area contributed by atoms with Gasteiger partial charge >= 0.3 is 5.97 Å². The van der Waals surface area contributed by atoms with E-state index in [9.17, 15) is 24.8 Å². The van der Waals surface area contributed by atoms with Gasteiger partial charge in [-0.1, -0.05) is 61.4 Å². The summed E-state index contributed by atoms with van der Waals surface area (Å²) in [5.74, 6) is 0.868. The standard InChI is InChI=1S/C35H45N3O5/c1-2-18-37(34(39)15-12-25-10-13-31(14-11-25)38(42)43)30-16-19-36(20-17-30)24-29-22-28(33(35(40)41)21-26-8-9-26)23-32(29)27-6-4-3-5-7-27/h2-7,10-11,13-14,26,28-30,32-33H,1,8-9,12,15-24H2,(H,40,41)/t28?,29-,32-,33?/m1/s1. The van der Waals surface area contributed by atoms with Crippen LogP contribution in [0.15, 0.2) is 67.3 Å². The van der Waals surface area contributed by atoms with Crippen molar-refractivity contribution in [1.29, 1.82) is 0 Å². The third kappa shape index (κ3) is 8.11. The maximum atomic E-state index is 13.3. The average molecular weight is 588 g/mol. The first-order chi connectivity index (χ1) is 20.8. The van der Waals surface area contributed by atoms with Crippen molar-refractivity contribution in [3.63, 3.8) is 0 Å². The summed E-state index contributed by atoms with van der Waals surface area (Å²) in [6.07, 6.45) is 9.61. The van der Waals surface area contributed by atoms with Crippen LogP contribution in [0, 0.1) is 33.8 Å². The van der Waals surface area contributed by atoms with Crippen LogP contribution in [0.4, 0.5) is 5.69 Å². The molecular weight excluding hydrogens is 542 g/mol. The zero-order valence-corrected chi connectivity index (χ0v) is 25.1. The Hall–Kier alpha value is -3.52. The Labute approximate surface area is 254 Å². The lowest BCUT2D eigenvalue weighted by Gasteiger charge is -2.39. The number of aryl methyl sites for hydroxylation is 1. The molecule has 230 valence electrons. The molecule has 2 unspecified atom stereocenters. The Morgan fingerprint density at radius 3 is 2.35 bits per heavy atom. The maximum Gasteiger partial charge on any atom is 0.306 e. The Morgan fingerprint density at radius 1 is 1.05 bits per heavy atom. The van der Waals surface area contributed by atoms with Crippen molar-refractivity contribution >= 4 is 17.6 Å². The zero-order chi connectivity index (χ0) is 30.3. The lowest BCUT2D eigenvalue weighted by molar-refractivity contribution is -0.384. The number of carbonyl (C=O) groups excluding carboxylic acids is 1. The topological polar surface area (TPSA) is 104 Å². The Kier molecular flexibility index (Phi) is 10.3. The highest BCUT2D eigenvalue weighted by molar-refractivity contribution is 5.77. The summed E-state index contributed by atoms with van der Waals surface area (Å²) in [4.78, 5) is 40.6. The van der Waals surface area contributed by atoms with Crippen LogP contribution in [0.5, 0.6) is 0 Å². The van der Waals surface area contributed by atoms with E-state index in [1.807, 2.05) is 11.0 Å². The number of carbonyl (C=O) groups is 2. The van der Waals surface area contributed by atoms with E-state index in [4.69, 9.17) is 0 Å². The second-order valence-electron chi connectivity index (χ2n) is 12.9. The Morgan fingerprint density at radius 2 is 1.74 bits per heavy atom. The summed E-state index contributed by atoms with van der Waals surface area (Å²) in [5.41, 5.74) is 2.30. The molecular formula is C35H45N3O5. The summed E-state index contributed by atoms with van der Waals surface area (Å²) in [7, 11) is 0. The highest BCUT2D eigenvalue weighted by atomic mass is 16.6. The van der Waals surface area contributed by atoms with Crippen LogP contribution >= 0.6 is 0 Å². The number of benzene rings is 2. The van der Waals surface area contributed by atoms with Crippen molar-refractivity contribution in [2.45, 2.75) is 69.7 Å². The predicted octanol–water partition coefficient (Wildman–Crippen LogP) is 6.32. The molecule has 8 heteroatoms. The number of amides is 1. The number of nitrogens with zero attached hydrogens (tertiary/aromatic N) is 3. The summed E-state index contributed by atoms with van der Waals surface area (Å²) >= 11 is 0. The van der Waals surface area contributed by atoms with Crippen LogP contribution in [0.3, 0.4) is 0 Å². The number of rotatable bonds is 14. The highest BCUT2D eigenvalue weighted by Crippen LogP contribution is 2.49. The summed E-state index contributed by atoms with van der Waals surface area (Å²) < 4.78 is 0. The van der Waals surface area contributed by atoms with Gasteiger partial charge in [0.05, 0.1) is 10.8 Å². The van der Waals surface area contributed by atoms with E-state index in [0.29, 0.717) is 37.1 Å². The number of likely N-dealkylation sites (tertiary alicyclic amines) is 1. The normalized spacial score (nSPS) is 23.5. The SMILES string of the molecule is C=CCN(C(=O)CCc1ccc([N+](=O)[O-])cc1)C1CCN(C[C@H]2CC(C(CC3CC3)C(=O)O)C[C@@H]2c2ccccc2)CC1. The molecule has 1 amide bonds. The van der Waals surface area contributed by atoms with E-state index in [2.05, 4.69) is 35.7 Å². The molecule has 1 N–H and O–H groups in total. The molecule has 2 saturated carbocycles. The number of nitro benzene ring substituents is 1. The quantitative estimate of drug-likeness (QED) is 0.158. The molecule has 1 saturated heterocycles. The largest absolute Gasteiger partial charge is 0.481 e. The van der Waals surface area contributed by atoms with E-state index in [1.165, 1.54) is 30.5 Å². The molecule has 4 atom stereocenters. The van der Waals surface area contributed by atoms with Crippen LogP contribution in [0.2, 0.25) is 0 Å². The van der Waals surface area contributed by atoms with Gasteiger partial charge in [0.1, 0.15) is 0 Å². The van der Waals surface area contributed by atoms with Gasteiger partial charge in [0.2, 0.25) is 5.91 Å². The van der Waals surface area contributed by atoms with Gasteiger partial charge in [0.15, 0.2) is 0 Å². The number of hydrogen-bond donors (Lipinski definition) is 1. The molecule has 1 heterocycles. The van der Waals surface area contributed by atoms with Crippen LogP contribution in [-0.4, -0.2) is 63.9 Å². The van der Waals surface area contributed by atoms with E-state index in [0.717, 1.165) is 57.3 Å². The number of hydrogen-bond acceptors (Lipinski definition) is 5. The minimum Gasteiger partial charge on any atom is -0.481 e. The number of carboxylic acids is 1. The molecule has 3 aliphatic rings. The molecule has 5 rings (SSSR count). The third-order valence-corrected chi connectivity index (χ3v) is 10.0. The van der Waals surface area contributed by atoms with Gasteiger partial charge in [0.25, 0.3) is 5.69 Å². The number of nitro groups is 1. The highest BCUT2D eigenvalue weighted by Gasteiger charge is 2.43. The monoisotopic (exact) mass is 587 g/mol. The minimum atomic E-state index is -0.620. The van der Waals surface area contributed by atoms with Crippen molar-refractivity contribution < 1.29 is 19.6 Å².